The van der Waals surface area contributed by atoms with Gasteiger partial charge in [0.2, 0.25) is 5.82 Å². The first-order chi connectivity index (χ1) is 19.1. The van der Waals surface area contributed by atoms with Gasteiger partial charge in [-0.25, -0.2) is 10.2 Å². The van der Waals surface area contributed by atoms with Gasteiger partial charge in [0.15, 0.2) is 0 Å². The number of pyridine rings is 1. The van der Waals surface area contributed by atoms with Crippen LogP contribution in [0.15, 0.2) is 77.6 Å². The molecule has 0 saturated heterocycles. The average molecular weight is 547 g/mol. The van der Waals surface area contributed by atoms with Gasteiger partial charge in [-0.05, 0) is 48.6 Å². The summed E-state index contributed by atoms with van der Waals surface area (Å²) in [5.41, 5.74) is 9.60. The molecule has 0 radical (unpaired) electrons. The maximum atomic E-state index is 14.4. The van der Waals surface area contributed by atoms with Crippen LogP contribution in [-0.4, -0.2) is 26.2 Å². The smallest absolute Gasteiger partial charge is 0.306 e. The zero-order valence-electron chi connectivity index (χ0n) is 23.1. The highest BCUT2D eigenvalue weighted by atomic mass is 19.1. The number of rotatable bonds is 9. The highest BCUT2D eigenvalue weighted by molar-refractivity contribution is 5.93. The number of hydrogen-bond acceptors (Lipinski definition) is 8. The van der Waals surface area contributed by atoms with Crippen molar-refractivity contribution in [3.05, 3.63) is 95.9 Å². The van der Waals surface area contributed by atoms with E-state index in [0.29, 0.717) is 23.0 Å². The van der Waals surface area contributed by atoms with Crippen molar-refractivity contribution < 1.29 is 18.8 Å². The zero-order chi connectivity index (χ0) is 29.2. The second-order valence-electron chi connectivity index (χ2n) is 9.66. The molecule has 0 bridgehead atoms. The summed E-state index contributed by atoms with van der Waals surface area (Å²) in [5, 5.41) is 13.6. The molecule has 1 atom stereocenters. The van der Waals surface area contributed by atoms with Crippen LogP contribution in [0.2, 0.25) is 0 Å². The SMILES string of the molecule is CC(C)C[C@H](C)C(=O)O.CCc1ccc(-c2noc(/C(N)=C(\c3ccncc3)N(N)c3ccccc3F)n2)cc1. The number of hydrogen-bond donors (Lipinski definition) is 3. The van der Waals surface area contributed by atoms with E-state index in [0.717, 1.165) is 18.4 Å². The van der Waals surface area contributed by atoms with Gasteiger partial charge in [0.1, 0.15) is 11.5 Å². The van der Waals surface area contributed by atoms with E-state index in [1.54, 1.807) is 49.6 Å². The zero-order valence-corrected chi connectivity index (χ0v) is 23.1. The molecular formula is C30H35FN6O3. The first kappa shape index (κ1) is 30.0. The topological polar surface area (TPSA) is 144 Å². The Morgan fingerprint density at radius 1 is 1.05 bits per heavy atom. The van der Waals surface area contributed by atoms with Crippen molar-refractivity contribution in [3.8, 4) is 11.4 Å². The largest absolute Gasteiger partial charge is 0.481 e. The molecule has 0 aliphatic heterocycles. The van der Waals surface area contributed by atoms with Crippen molar-refractivity contribution in [2.45, 2.75) is 40.5 Å². The highest BCUT2D eigenvalue weighted by Crippen LogP contribution is 2.30. The van der Waals surface area contributed by atoms with E-state index in [4.69, 9.17) is 21.2 Å². The monoisotopic (exact) mass is 546 g/mol. The Labute approximate surface area is 233 Å². The number of carbonyl (C=O) groups is 1. The van der Waals surface area contributed by atoms with Gasteiger partial charge in [0, 0.05) is 23.5 Å². The molecule has 0 amide bonds. The number of aryl methyl sites for hydroxylation is 1. The van der Waals surface area contributed by atoms with Crippen LogP contribution in [0.1, 0.15) is 51.1 Å². The summed E-state index contributed by atoms with van der Waals surface area (Å²) in [4.78, 5) is 18.7. The minimum absolute atomic E-state index is 0.0770. The number of carboxylic acid groups (broad SMARTS) is 1. The van der Waals surface area contributed by atoms with E-state index in [1.807, 2.05) is 38.1 Å². The second kappa shape index (κ2) is 14.0. The number of carboxylic acids is 1. The summed E-state index contributed by atoms with van der Waals surface area (Å²) in [6.45, 7) is 7.88. The second-order valence-corrected chi connectivity index (χ2v) is 9.66. The van der Waals surface area contributed by atoms with Crippen molar-refractivity contribution in [1.29, 1.82) is 0 Å². The minimum atomic E-state index is -0.691. The molecule has 2 heterocycles. The molecule has 0 aliphatic carbocycles. The van der Waals surface area contributed by atoms with Crippen molar-refractivity contribution >= 4 is 23.1 Å². The molecular weight excluding hydrogens is 511 g/mol. The number of nitrogens with two attached hydrogens (primary N) is 2. The Balaban J connectivity index is 0.000000424. The van der Waals surface area contributed by atoms with E-state index in [2.05, 4.69) is 22.0 Å². The highest BCUT2D eigenvalue weighted by Gasteiger charge is 2.22. The number of halogens is 1. The number of para-hydroxylation sites is 1. The summed E-state index contributed by atoms with van der Waals surface area (Å²) >= 11 is 0. The van der Waals surface area contributed by atoms with Gasteiger partial charge < -0.3 is 15.4 Å². The van der Waals surface area contributed by atoms with E-state index < -0.39 is 11.8 Å². The quantitative estimate of drug-likeness (QED) is 0.176. The molecule has 9 nitrogen and oxygen atoms in total. The Morgan fingerprint density at radius 3 is 2.25 bits per heavy atom. The van der Waals surface area contributed by atoms with Gasteiger partial charge in [-0.2, -0.15) is 4.98 Å². The average Bonchev–Trinajstić information content (AvgIpc) is 3.44. The molecule has 4 aromatic rings. The van der Waals surface area contributed by atoms with Crippen LogP contribution in [0.5, 0.6) is 0 Å². The molecule has 0 unspecified atom stereocenters. The van der Waals surface area contributed by atoms with Crippen LogP contribution in [0.4, 0.5) is 10.1 Å². The third-order valence-corrected chi connectivity index (χ3v) is 6.09. The molecule has 0 saturated carbocycles. The van der Waals surface area contributed by atoms with Crippen molar-refractivity contribution in [1.82, 2.24) is 15.1 Å². The lowest BCUT2D eigenvalue weighted by molar-refractivity contribution is -0.141. The number of aromatic nitrogens is 3. The summed E-state index contributed by atoms with van der Waals surface area (Å²) in [7, 11) is 0. The summed E-state index contributed by atoms with van der Waals surface area (Å²) < 4.78 is 19.8. The first-order valence-electron chi connectivity index (χ1n) is 13.0. The molecule has 2 aromatic heterocycles. The van der Waals surface area contributed by atoms with Gasteiger partial charge in [-0.3, -0.25) is 14.8 Å². The van der Waals surface area contributed by atoms with Crippen molar-refractivity contribution in [3.63, 3.8) is 0 Å². The van der Waals surface area contributed by atoms with Crippen molar-refractivity contribution in [2.75, 3.05) is 5.01 Å². The number of anilines is 1. The molecule has 10 heteroatoms. The molecule has 0 spiro atoms. The standard InChI is InChI=1S/C23H21FN6O.C7H14O2/c1-2-15-7-9-17(10-8-15)22-28-23(31-29-22)20(25)21(16-11-13-27-14-12-16)30(26)19-6-4-3-5-18(19)24;1-5(2)4-6(3)7(8)9/h3-14H,2,25-26H2,1H3;5-6H,4H2,1-3H3,(H,8,9)/b21-20-;/t;6-/m.0/s1. The van der Waals surface area contributed by atoms with Crippen LogP contribution in [-0.2, 0) is 11.2 Å². The van der Waals surface area contributed by atoms with Crippen LogP contribution in [0.3, 0.4) is 0 Å². The van der Waals surface area contributed by atoms with Crippen LogP contribution in [0, 0.1) is 17.7 Å². The van der Waals surface area contributed by atoms with Gasteiger partial charge in [0.25, 0.3) is 5.89 Å². The van der Waals surface area contributed by atoms with Gasteiger partial charge in [0.05, 0.1) is 17.3 Å². The molecule has 0 aliphatic rings. The third kappa shape index (κ3) is 7.73. The predicted molar refractivity (Wildman–Crippen MR) is 154 cm³/mol. The lowest BCUT2D eigenvalue weighted by Crippen LogP contribution is -2.32. The number of nitrogens with zero attached hydrogens (tertiary/aromatic N) is 4. The Bertz CT molecular complexity index is 1420. The lowest BCUT2D eigenvalue weighted by atomic mass is 9.99. The molecule has 2 aromatic carbocycles. The third-order valence-electron chi connectivity index (χ3n) is 6.09. The summed E-state index contributed by atoms with van der Waals surface area (Å²) in [6, 6.07) is 17.4. The van der Waals surface area contributed by atoms with Gasteiger partial charge in [-0.1, -0.05) is 69.2 Å². The molecule has 4 rings (SSSR count). The summed E-state index contributed by atoms with van der Waals surface area (Å²) in [6.07, 6.45) is 4.89. The fourth-order valence-electron chi connectivity index (χ4n) is 3.95. The Kier molecular flexibility index (Phi) is 10.5. The molecule has 40 heavy (non-hydrogen) atoms. The Hall–Kier alpha value is -4.57. The van der Waals surface area contributed by atoms with Gasteiger partial charge in [-0.15, -0.1) is 0 Å². The first-order valence-corrected chi connectivity index (χ1v) is 13.0. The summed E-state index contributed by atoms with van der Waals surface area (Å²) in [5.74, 6) is 5.88. The fourth-order valence-corrected chi connectivity index (χ4v) is 3.95. The van der Waals surface area contributed by atoms with E-state index in [-0.39, 0.29) is 23.2 Å². The number of aliphatic carboxylic acids is 1. The van der Waals surface area contributed by atoms with Gasteiger partial charge >= 0.3 is 5.97 Å². The van der Waals surface area contributed by atoms with Crippen LogP contribution in [0.25, 0.3) is 22.8 Å². The molecule has 210 valence electrons. The normalized spacial score (nSPS) is 12.3. The number of hydrazine groups is 1. The maximum Gasteiger partial charge on any atom is 0.306 e. The van der Waals surface area contributed by atoms with E-state index in [9.17, 15) is 9.18 Å². The van der Waals surface area contributed by atoms with E-state index >= 15 is 0 Å². The van der Waals surface area contributed by atoms with Crippen LogP contribution < -0.4 is 16.6 Å². The predicted octanol–water partition coefficient (Wildman–Crippen LogP) is 5.75. The van der Waals surface area contributed by atoms with Crippen molar-refractivity contribution in [2.24, 2.45) is 23.4 Å². The molecule has 0 fully saturated rings. The fraction of sp³-hybridized carbons (Fsp3) is 0.267. The maximum absolute atomic E-state index is 14.4. The van der Waals surface area contributed by atoms with Crippen LogP contribution >= 0.6 is 0 Å². The molecule has 5 N–H and O–H groups in total. The number of benzene rings is 2. The van der Waals surface area contributed by atoms with E-state index in [1.165, 1.54) is 16.6 Å². The lowest BCUT2D eigenvalue weighted by Gasteiger charge is -2.23. The Morgan fingerprint density at radius 2 is 1.70 bits per heavy atom. The minimum Gasteiger partial charge on any atom is -0.481 e.